The second-order valence-electron chi connectivity index (χ2n) is 4.62. The first-order chi connectivity index (χ1) is 11.1. The number of nitrogens with zero attached hydrogens (tertiary/aromatic N) is 3. The first-order valence-corrected chi connectivity index (χ1v) is 8.04. The van der Waals surface area contributed by atoms with Crippen molar-refractivity contribution in [2.24, 2.45) is 0 Å². The third kappa shape index (κ3) is 3.52. The molecular weight excluding hydrogens is 336 g/mol. The van der Waals surface area contributed by atoms with Crippen LogP contribution < -0.4 is 0 Å². The number of nitrogens with one attached hydrogen (secondary N) is 1. The third-order valence-corrected chi connectivity index (χ3v) is 4.40. The van der Waals surface area contributed by atoms with Crippen molar-refractivity contribution in [2.75, 3.05) is 0 Å². The fourth-order valence-corrected chi connectivity index (χ4v) is 3.11. The predicted molar refractivity (Wildman–Crippen MR) is 89.5 cm³/mol. The smallest absolute Gasteiger partial charge is 0.258 e. The van der Waals surface area contributed by atoms with Crippen molar-refractivity contribution in [3.05, 3.63) is 69.2 Å². The quantitative estimate of drug-likeness (QED) is 0.422. The molecule has 0 aliphatic carbocycles. The van der Waals surface area contributed by atoms with E-state index in [1.54, 1.807) is 18.2 Å². The predicted octanol–water partition coefficient (Wildman–Crippen LogP) is 4.33. The summed E-state index contributed by atoms with van der Waals surface area (Å²) in [5.41, 5.74) is 1.39. The molecule has 0 amide bonds. The molecule has 2 aromatic carbocycles. The average molecular weight is 347 g/mol. The summed E-state index contributed by atoms with van der Waals surface area (Å²) in [6.07, 6.45) is 0. The lowest BCUT2D eigenvalue weighted by molar-refractivity contribution is -0.384. The molecule has 0 spiro atoms. The van der Waals surface area contributed by atoms with E-state index in [9.17, 15) is 10.1 Å². The van der Waals surface area contributed by atoms with E-state index in [-0.39, 0.29) is 5.69 Å². The Morgan fingerprint density at radius 2 is 1.91 bits per heavy atom. The molecule has 0 bridgehead atoms. The molecule has 0 aliphatic heterocycles. The van der Waals surface area contributed by atoms with Crippen LogP contribution in [0, 0.1) is 10.1 Å². The number of H-pyrrole nitrogens is 1. The average Bonchev–Trinajstić information content (AvgIpc) is 3.03. The monoisotopic (exact) mass is 346 g/mol. The van der Waals surface area contributed by atoms with Gasteiger partial charge in [0.1, 0.15) is 0 Å². The van der Waals surface area contributed by atoms with E-state index < -0.39 is 4.92 Å². The maximum absolute atomic E-state index is 11.1. The minimum Gasteiger partial charge on any atom is -0.258 e. The normalized spacial score (nSPS) is 10.7. The molecule has 8 heteroatoms. The molecule has 0 unspecified atom stereocenters. The van der Waals surface area contributed by atoms with Gasteiger partial charge in [0.15, 0.2) is 5.82 Å². The zero-order valence-electron chi connectivity index (χ0n) is 11.8. The van der Waals surface area contributed by atoms with E-state index in [1.807, 2.05) is 24.3 Å². The maximum Gasteiger partial charge on any atom is 0.280 e. The van der Waals surface area contributed by atoms with Crippen LogP contribution in [-0.4, -0.2) is 20.1 Å². The van der Waals surface area contributed by atoms with Gasteiger partial charge in [-0.15, -0.1) is 5.10 Å². The molecule has 1 N–H and O–H groups in total. The molecule has 3 rings (SSSR count). The second kappa shape index (κ2) is 6.80. The zero-order chi connectivity index (χ0) is 16.2. The standard InChI is InChI=1S/C15H11ClN4O2S/c16-12-7-3-1-5-10(12)9-23-15-17-14(18-19-15)11-6-2-4-8-13(11)20(21)22/h1-8H,9H2,(H,17,18,19). The number of nitro groups is 1. The first kappa shape index (κ1) is 15.5. The van der Waals surface area contributed by atoms with Gasteiger partial charge in [-0.05, 0) is 17.7 Å². The Labute approximate surface area is 141 Å². The van der Waals surface area contributed by atoms with Crippen LogP contribution in [0.3, 0.4) is 0 Å². The Kier molecular flexibility index (Phi) is 4.59. The molecule has 0 saturated heterocycles. The van der Waals surface area contributed by atoms with Crippen LogP contribution in [0.2, 0.25) is 5.02 Å². The van der Waals surface area contributed by atoms with E-state index in [4.69, 9.17) is 11.6 Å². The van der Waals surface area contributed by atoms with Crippen LogP contribution in [0.5, 0.6) is 0 Å². The molecule has 0 fully saturated rings. The highest BCUT2D eigenvalue weighted by atomic mass is 35.5. The van der Waals surface area contributed by atoms with Crippen molar-refractivity contribution in [2.45, 2.75) is 10.9 Å². The highest BCUT2D eigenvalue weighted by molar-refractivity contribution is 7.98. The van der Waals surface area contributed by atoms with Crippen LogP contribution in [0.1, 0.15) is 5.56 Å². The van der Waals surface area contributed by atoms with Crippen LogP contribution >= 0.6 is 23.4 Å². The molecule has 6 nitrogen and oxygen atoms in total. The van der Waals surface area contributed by atoms with Gasteiger partial charge in [0.25, 0.3) is 5.69 Å². The highest BCUT2D eigenvalue weighted by Gasteiger charge is 2.17. The third-order valence-electron chi connectivity index (χ3n) is 3.14. The molecule has 23 heavy (non-hydrogen) atoms. The largest absolute Gasteiger partial charge is 0.280 e. The van der Waals surface area contributed by atoms with Gasteiger partial charge in [-0.25, -0.2) is 4.98 Å². The fourth-order valence-electron chi connectivity index (χ4n) is 2.02. The summed E-state index contributed by atoms with van der Waals surface area (Å²) in [7, 11) is 0. The van der Waals surface area contributed by atoms with Crippen LogP contribution in [0.15, 0.2) is 53.7 Å². The number of benzene rings is 2. The summed E-state index contributed by atoms with van der Waals surface area (Å²) in [5.74, 6) is 0.993. The Balaban J connectivity index is 1.79. The minimum absolute atomic E-state index is 0.00805. The SMILES string of the molecule is O=[N+]([O-])c1ccccc1-c1nc(SCc2ccccc2Cl)n[nH]1. The van der Waals surface area contributed by atoms with Gasteiger partial charge >= 0.3 is 0 Å². The minimum atomic E-state index is -0.436. The number of aromatic amines is 1. The van der Waals surface area contributed by atoms with Crippen LogP contribution in [-0.2, 0) is 5.75 Å². The number of hydrogen-bond donors (Lipinski definition) is 1. The van der Waals surface area contributed by atoms with Gasteiger partial charge in [0, 0.05) is 16.8 Å². The van der Waals surface area contributed by atoms with E-state index in [2.05, 4.69) is 15.2 Å². The van der Waals surface area contributed by atoms with Crippen molar-refractivity contribution < 1.29 is 4.92 Å². The van der Waals surface area contributed by atoms with Gasteiger partial charge in [-0.1, -0.05) is 53.7 Å². The Morgan fingerprint density at radius 1 is 1.17 bits per heavy atom. The van der Waals surface area contributed by atoms with Crippen molar-refractivity contribution in [1.82, 2.24) is 15.2 Å². The summed E-state index contributed by atoms with van der Waals surface area (Å²) in [6, 6.07) is 14.0. The maximum atomic E-state index is 11.1. The Morgan fingerprint density at radius 3 is 2.70 bits per heavy atom. The van der Waals surface area contributed by atoms with E-state index in [0.29, 0.717) is 27.3 Å². The van der Waals surface area contributed by atoms with E-state index >= 15 is 0 Å². The van der Waals surface area contributed by atoms with Crippen molar-refractivity contribution >= 4 is 29.1 Å². The zero-order valence-corrected chi connectivity index (χ0v) is 13.3. The van der Waals surface area contributed by atoms with Gasteiger partial charge in [-0.3, -0.25) is 15.2 Å². The molecule has 116 valence electrons. The number of nitro benzene ring substituents is 1. The van der Waals surface area contributed by atoms with Gasteiger partial charge < -0.3 is 0 Å². The summed E-state index contributed by atoms with van der Waals surface area (Å²) in [4.78, 5) is 15.0. The second-order valence-corrected chi connectivity index (χ2v) is 5.97. The number of thioether (sulfide) groups is 1. The molecule has 0 radical (unpaired) electrons. The lowest BCUT2D eigenvalue weighted by Crippen LogP contribution is -1.92. The molecular formula is C15H11ClN4O2S. The lowest BCUT2D eigenvalue weighted by atomic mass is 10.2. The van der Waals surface area contributed by atoms with Gasteiger partial charge in [0.05, 0.1) is 10.5 Å². The molecule has 0 atom stereocenters. The molecule has 0 aliphatic rings. The molecule has 1 aromatic heterocycles. The van der Waals surface area contributed by atoms with E-state index in [0.717, 1.165) is 5.56 Å². The Bertz CT molecular complexity index is 853. The van der Waals surface area contributed by atoms with Gasteiger partial charge in [0.2, 0.25) is 5.16 Å². The number of hydrogen-bond acceptors (Lipinski definition) is 5. The summed E-state index contributed by atoms with van der Waals surface area (Å²) >= 11 is 7.52. The first-order valence-electron chi connectivity index (χ1n) is 6.67. The summed E-state index contributed by atoms with van der Waals surface area (Å²) in [6.45, 7) is 0. The Hall–Kier alpha value is -2.38. The van der Waals surface area contributed by atoms with Crippen molar-refractivity contribution in [3.63, 3.8) is 0 Å². The molecule has 1 heterocycles. The van der Waals surface area contributed by atoms with Crippen LogP contribution in [0.25, 0.3) is 11.4 Å². The number of halogens is 1. The summed E-state index contributed by atoms with van der Waals surface area (Å²) < 4.78 is 0. The highest BCUT2D eigenvalue weighted by Crippen LogP contribution is 2.29. The van der Waals surface area contributed by atoms with Gasteiger partial charge in [-0.2, -0.15) is 0 Å². The van der Waals surface area contributed by atoms with Crippen molar-refractivity contribution in [3.8, 4) is 11.4 Å². The number of para-hydroxylation sites is 1. The topological polar surface area (TPSA) is 84.7 Å². The van der Waals surface area contributed by atoms with Crippen molar-refractivity contribution in [1.29, 1.82) is 0 Å². The molecule has 0 saturated carbocycles. The molecule has 3 aromatic rings. The number of aromatic nitrogens is 3. The summed E-state index contributed by atoms with van der Waals surface area (Å²) in [5, 5.41) is 19.1. The van der Waals surface area contributed by atoms with E-state index in [1.165, 1.54) is 17.8 Å². The number of rotatable bonds is 5. The fraction of sp³-hybridized carbons (Fsp3) is 0.0667. The lowest BCUT2D eigenvalue weighted by Gasteiger charge is -2.00. The van der Waals surface area contributed by atoms with Crippen LogP contribution in [0.4, 0.5) is 5.69 Å².